The third-order valence-corrected chi connectivity index (χ3v) is 7.46. The Morgan fingerprint density at radius 1 is 1.19 bits per heavy atom. The van der Waals surface area contributed by atoms with Gasteiger partial charge in [-0.1, -0.05) is 69.7 Å². The zero-order valence-electron chi connectivity index (χ0n) is 21.1. The van der Waals surface area contributed by atoms with E-state index >= 15 is 0 Å². The van der Waals surface area contributed by atoms with Crippen LogP contribution in [0.4, 0.5) is 4.79 Å². The summed E-state index contributed by atoms with van der Waals surface area (Å²) in [6, 6.07) is 7.88. The quantitative estimate of drug-likeness (QED) is 0.430. The summed E-state index contributed by atoms with van der Waals surface area (Å²) in [5, 5.41) is 18.4. The summed E-state index contributed by atoms with van der Waals surface area (Å²) in [6.45, 7) is 4.59. The molecule has 1 aliphatic heterocycles. The molecule has 3 atom stereocenters. The largest absolute Gasteiger partial charge is 0.449 e. The molecule has 1 aliphatic carbocycles. The van der Waals surface area contributed by atoms with Crippen molar-refractivity contribution < 1.29 is 19.1 Å². The second kappa shape index (κ2) is 13.0. The summed E-state index contributed by atoms with van der Waals surface area (Å²) in [5.74, 6) is -0.485. The van der Waals surface area contributed by atoms with Crippen LogP contribution < -0.4 is 16.0 Å². The van der Waals surface area contributed by atoms with Gasteiger partial charge in [0.1, 0.15) is 18.7 Å². The fourth-order valence-corrected chi connectivity index (χ4v) is 5.17. The van der Waals surface area contributed by atoms with Gasteiger partial charge in [-0.2, -0.15) is 5.26 Å². The molecule has 0 radical (unpaired) electrons. The second-order valence-corrected chi connectivity index (χ2v) is 11.0. The lowest BCUT2D eigenvalue weighted by Gasteiger charge is -2.28. The van der Waals surface area contributed by atoms with E-state index in [0.717, 1.165) is 31.2 Å². The molecule has 3 N–H and O–H groups in total. The van der Waals surface area contributed by atoms with E-state index in [9.17, 15) is 19.6 Å². The van der Waals surface area contributed by atoms with E-state index in [1.165, 1.54) is 6.42 Å². The average Bonchev–Trinajstić information content (AvgIpc) is 3.26. The molecule has 1 saturated carbocycles. The SMILES string of the molecule is CC(C)(COC(=O)N[C@@H](CC1CCCCC1)C(=O)N[C@H](C#N)CC1CCNC1=O)c1cccc(Cl)c1. The Morgan fingerprint density at radius 3 is 2.58 bits per heavy atom. The minimum atomic E-state index is -0.817. The molecule has 1 aromatic rings. The first-order valence-electron chi connectivity index (χ1n) is 12.8. The molecule has 36 heavy (non-hydrogen) atoms. The number of amides is 3. The second-order valence-electron chi connectivity index (χ2n) is 10.6. The van der Waals surface area contributed by atoms with Crippen LogP contribution >= 0.6 is 11.6 Å². The van der Waals surface area contributed by atoms with Gasteiger partial charge in [0.25, 0.3) is 0 Å². The highest BCUT2D eigenvalue weighted by molar-refractivity contribution is 6.30. The molecular weight excluding hydrogens is 480 g/mol. The van der Waals surface area contributed by atoms with E-state index < -0.39 is 29.5 Å². The van der Waals surface area contributed by atoms with Crippen LogP contribution in [0.5, 0.6) is 0 Å². The lowest BCUT2D eigenvalue weighted by atomic mass is 9.84. The van der Waals surface area contributed by atoms with Crippen molar-refractivity contribution >= 4 is 29.5 Å². The fraction of sp³-hybridized carbons (Fsp3) is 0.630. The summed E-state index contributed by atoms with van der Waals surface area (Å²) < 4.78 is 5.53. The van der Waals surface area contributed by atoms with Gasteiger partial charge in [-0.15, -0.1) is 0 Å². The number of ether oxygens (including phenoxy) is 1. The standard InChI is InChI=1S/C27H37ClN4O4/c1-27(2,20-9-6-10-21(28)15-20)17-36-26(35)32-23(13-18-7-4-3-5-8-18)25(34)31-22(16-29)14-19-11-12-30-24(19)33/h6,9-10,15,18-19,22-23H,3-5,7-8,11-14,17H2,1-2H3,(H,30,33)(H,31,34)(H,32,35)/t19?,22-,23-/m0/s1. The Kier molecular flexibility index (Phi) is 10.0. The van der Waals surface area contributed by atoms with Crippen molar-refractivity contribution in [3.05, 3.63) is 34.9 Å². The Labute approximate surface area is 218 Å². The molecule has 3 amide bonds. The zero-order chi connectivity index (χ0) is 26.1. The molecule has 1 saturated heterocycles. The van der Waals surface area contributed by atoms with E-state index in [2.05, 4.69) is 22.0 Å². The van der Waals surface area contributed by atoms with Crippen LogP contribution in [0, 0.1) is 23.2 Å². The van der Waals surface area contributed by atoms with Gasteiger partial charge in [0, 0.05) is 22.9 Å². The van der Waals surface area contributed by atoms with Crippen LogP contribution in [0.25, 0.3) is 0 Å². The number of rotatable bonds is 10. The van der Waals surface area contributed by atoms with Gasteiger partial charge in [-0.25, -0.2) is 4.79 Å². The van der Waals surface area contributed by atoms with Crippen LogP contribution in [-0.4, -0.2) is 43.1 Å². The van der Waals surface area contributed by atoms with Crippen molar-refractivity contribution in [3.8, 4) is 6.07 Å². The van der Waals surface area contributed by atoms with Crippen LogP contribution in [0.3, 0.4) is 0 Å². The number of halogens is 1. The molecule has 8 nitrogen and oxygen atoms in total. The third kappa shape index (κ3) is 8.12. The van der Waals surface area contributed by atoms with E-state index in [1.54, 1.807) is 6.07 Å². The van der Waals surface area contributed by atoms with E-state index in [-0.39, 0.29) is 24.9 Å². The summed E-state index contributed by atoms with van der Waals surface area (Å²) in [5.41, 5.74) is 0.462. The summed E-state index contributed by atoms with van der Waals surface area (Å²) >= 11 is 6.12. The lowest BCUT2D eigenvalue weighted by Crippen LogP contribution is -2.51. The van der Waals surface area contributed by atoms with Gasteiger partial charge in [0.15, 0.2) is 0 Å². The number of alkyl carbamates (subject to hydrolysis) is 1. The van der Waals surface area contributed by atoms with E-state index in [0.29, 0.717) is 30.3 Å². The molecule has 1 unspecified atom stereocenters. The number of hydrogen-bond acceptors (Lipinski definition) is 5. The smallest absolute Gasteiger partial charge is 0.407 e. The Bertz CT molecular complexity index is 971. The van der Waals surface area contributed by atoms with Gasteiger partial charge >= 0.3 is 6.09 Å². The lowest BCUT2D eigenvalue weighted by molar-refractivity contribution is -0.125. The molecule has 1 aromatic carbocycles. The number of carbonyl (C=O) groups excluding carboxylic acids is 3. The Morgan fingerprint density at radius 2 is 1.94 bits per heavy atom. The van der Waals surface area contributed by atoms with E-state index in [1.807, 2.05) is 32.0 Å². The number of nitrogens with zero attached hydrogens (tertiary/aromatic N) is 1. The molecular formula is C27H37ClN4O4. The number of hydrogen-bond donors (Lipinski definition) is 3. The van der Waals surface area contributed by atoms with E-state index in [4.69, 9.17) is 16.3 Å². The minimum Gasteiger partial charge on any atom is -0.449 e. The zero-order valence-corrected chi connectivity index (χ0v) is 21.9. The van der Waals surface area contributed by atoms with Crippen LogP contribution in [0.15, 0.2) is 24.3 Å². The van der Waals surface area contributed by atoms with Crippen molar-refractivity contribution in [2.24, 2.45) is 11.8 Å². The maximum atomic E-state index is 13.2. The molecule has 1 heterocycles. The number of benzene rings is 1. The van der Waals surface area contributed by atoms with Crippen molar-refractivity contribution in [1.29, 1.82) is 5.26 Å². The van der Waals surface area contributed by atoms with Crippen molar-refractivity contribution in [1.82, 2.24) is 16.0 Å². The number of nitriles is 1. The molecule has 2 fully saturated rings. The number of nitrogens with one attached hydrogen (secondary N) is 3. The highest BCUT2D eigenvalue weighted by atomic mass is 35.5. The average molecular weight is 517 g/mol. The fourth-order valence-electron chi connectivity index (χ4n) is 4.98. The molecule has 0 spiro atoms. The van der Waals surface area contributed by atoms with Gasteiger partial charge in [-0.3, -0.25) is 9.59 Å². The maximum Gasteiger partial charge on any atom is 0.407 e. The molecule has 0 bridgehead atoms. The summed E-state index contributed by atoms with van der Waals surface area (Å²) in [7, 11) is 0. The van der Waals surface area contributed by atoms with Gasteiger partial charge in [0.05, 0.1) is 6.07 Å². The predicted octanol–water partition coefficient (Wildman–Crippen LogP) is 4.22. The van der Waals surface area contributed by atoms with Crippen LogP contribution in [0.2, 0.25) is 5.02 Å². The van der Waals surface area contributed by atoms with Gasteiger partial charge in [-0.05, 0) is 42.9 Å². The Hall–Kier alpha value is -2.79. The first-order chi connectivity index (χ1) is 17.2. The van der Waals surface area contributed by atoms with Crippen LogP contribution in [-0.2, 0) is 19.7 Å². The Balaban J connectivity index is 1.61. The number of carbonyl (C=O) groups is 3. The molecule has 9 heteroatoms. The van der Waals surface area contributed by atoms with Crippen molar-refractivity contribution in [2.75, 3.05) is 13.2 Å². The van der Waals surface area contributed by atoms with Gasteiger partial charge < -0.3 is 20.7 Å². The predicted molar refractivity (Wildman–Crippen MR) is 137 cm³/mol. The first-order valence-corrected chi connectivity index (χ1v) is 13.2. The minimum absolute atomic E-state index is 0.0905. The maximum absolute atomic E-state index is 13.2. The topological polar surface area (TPSA) is 120 Å². The molecule has 0 aromatic heterocycles. The summed E-state index contributed by atoms with van der Waals surface area (Å²) in [6.07, 6.45) is 6.11. The van der Waals surface area contributed by atoms with Crippen molar-refractivity contribution in [3.63, 3.8) is 0 Å². The normalized spacial score (nSPS) is 20.1. The molecule has 196 valence electrons. The third-order valence-electron chi connectivity index (χ3n) is 7.23. The molecule has 2 aliphatic rings. The first kappa shape index (κ1) is 27.8. The highest BCUT2D eigenvalue weighted by Crippen LogP contribution is 2.28. The van der Waals surface area contributed by atoms with Crippen molar-refractivity contribution in [2.45, 2.75) is 82.7 Å². The van der Waals surface area contributed by atoms with Crippen LogP contribution in [0.1, 0.15) is 70.8 Å². The summed E-state index contributed by atoms with van der Waals surface area (Å²) in [4.78, 5) is 37.9. The van der Waals surface area contributed by atoms with Gasteiger partial charge in [0.2, 0.25) is 11.8 Å². The highest BCUT2D eigenvalue weighted by Gasteiger charge is 2.32. The monoisotopic (exact) mass is 516 g/mol. The molecule has 3 rings (SSSR count).